The van der Waals surface area contributed by atoms with E-state index in [1.165, 1.54) is 17.7 Å². The molecule has 1 amide bonds. The third-order valence-corrected chi connectivity index (χ3v) is 6.07. The lowest BCUT2D eigenvalue weighted by Crippen LogP contribution is -2.10. The minimum absolute atomic E-state index is 0.0317. The summed E-state index contributed by atoms with van der Waals surface area (Å²) < 4.78 is 41.1. The number of amides is 1. The van der Waals surface area contributed by atoms with Crippen LogP contribution in [-0.4, -0.2) is 17.5 Å². The maximum atomic E-state index is 12.5. The normalized spacial score (nSPS) is 12.2. The lowest BCUT2D eigenvalue weighted by atomic mass is 9.99. The Morgan fingerprint density at radius 2 is 1.88 bits per heavy atom. The Morgan fingerprint density at radius 3 is 2.61 bits per heavy atom. The zero-order valence-electron chi connectivity index (χ0n) is 18.0. The maximum absolute atomic E-state index is 12.5. The minimum atomic E-state index is -2.91. The van der Waals surface area contributed by atoms with Gasteiger partial charge in [0.05, 0.1) is 10.2 Å². The SMILES string of the molecule is CCC(C)c1ccc(OCc2ccc(C(=O)Nc3nc4ccc(OC(F)F)cc4s3)o2)cc1. The molecule has 0 spiro atoms. The number of carbonyl (C=O) groups excluding carboxylic acids is 1. The first-order valence-electron chi connectivity index (χ1n) is 10.4. The van der Waals surface area contributed by atoms with Crippen LogP contribution in [0.3, 0.4) is 0 Å². The van der Waals surface area contributed by atoms with E-state index in [-0.39, 0.29) is 18.1 Å². The van der Waals surface area contributed by atoms with Crippen molar-refractivity contribution in [1.29, 1.82) is 0 Å². The number of ether oxygens (including phenoxy) is 2. The van der Waals surface area contributed by atoms with Crippen LogP contribution in [-0.2, 0) is 6.61 Å². The molecule has 1 unspecified atom stereocenters. The number of benzene rings is 2. The van der Waals surface area contributed by atoms with Gasteiger partial charge in [0.1, 0.15) is 23.9 Å². The summed E-state index contributed by atoms with van der Waals surface area (Å²) in [6.07, 6.45) is 1.07. The first-order chi connectivity index (χ1) is 15.9. The van der Waals surface area contributed by atoms with Crippen LogP contribution in [0.4, 0.5) is 13.9 Å². The van der Waals surface area contributed by atoms with E-state index in [1.54, 1.807) is 18.2 Å². The van der Waals surface area contributed by atoms with Crippen LogP contribution in [0.2, 0.25) is 0 Å². The van der Waals surface area contributed by atoms with Crippen LogP contribution in [0.15, 0.2) is 59.0 Å². The summed E-state index contributed by atoms with van der Waals surface area (Å²) in [5.41, 5.74) is 1.82. The largest absolute Gasteiger partial charge is 0.486 e. The molecule has 0 saturated heterocycles. The molecule has 9 heteroatoms. The molecule has 6 nitrogen and oxygen atoms in total. The predicted molar refractivity (Wildman–Crippen MR) is 122 cm³/mol. The third kappa shape index (κ3) is 5.67. The van der Waals surface area contributed by atoms with Crippen LogP contribution in [0.5, 0.6) is 11.5 Å². The van der Waals surface area contributed by atoms with Crippen molar-refractivity contribution < 1.29 is 27.5 Å². The molecule has 2 aromatic heterocycles. The van der Waals surface area contributed by atoms with Gasteiger partial charge in [-0.1, -0.05) is 37.3 Å². The fraction of sp³-hybridized carbons (Fsp3) is 0.250. The van der Waals surface area contributed by atoms with E-state index in [1.807, 2.05) is 24.3 Å². The lowest BCUT2D eigenvalue weighted by molar-refractivity contribution is -0.0497. The maximum Gasteiger partial charge on any atom is 0.387 e. The van der Waals surface area contributed by atoms with E-state index in [4.69, 9.17) is 9.15 Å². The number of nitrogens with one attached hydrogen (secondary N) is 1. The van der Waals surface area contributed by atoms with Crippen molar-refractivity contribution in [3.05, 3.63) is 71.7 Å². The molecular formula is C24H22F2N2O4S. The van der Waals surface area contributed by atoms with Crippen LogP contribution < -0.4 is 14.8 Å². The second-order valence-corrected chi connectivity index (χ2v) is 8.44. The molecule has 0 aliphatic heterocycles. The highest BCUT2D eigenvalue weighted by Gasteiger charge is 2.15. The molecule has 0 bridgehead atoms. The molecule has 172 valence electrons. The average molecular weight is 473 g/mol. The summed E-state index contributed by atoms with van der Waals surface area (Å²) in [6.45, 7) is 1.61. The number of hydrogen-bond donors (Lipinski definition) is 1. The van der Waals surface area contributed by atoms with Crippen molar-refractivity contribution >= 4 is 32.6 Å². The monoisotopic (exact) mass is 472 g/mol. The van der Waals surface area contributed by atoms with Crippen molar-refractivity contribution in [3.8, 4) is 11.5 Å². The van der Waals surface area contributed by atoms with Crippen molar-refractivity contribution in [1.82, 2.24) is 4.98 Å². The molecule has 1 N–H and O–H groups in total. The quantitative estimate of drug-likeness (QED) is 0.289. The van der Waals surface area contributed by atoms with Gasteiger partial charge in [0.15, 0.2) is 10.9 Å². The number of rotatable bonds is 9. The van der Waals surface area contributed by atoms with Crippen molar-refractivity contribution in [3.63, 3.8) is 0 Å². The fourth-order valence-electron chi connectivity index (χ4n) is 3.15. The summed E-state index contributed by atoms with van der Waals surface area (Å²) in [5, 5.41) is 2.98. The molecule has 0 radical (unpaired) electrons. The number of anilines is 1. The average Bonchev–Trinajstić information content (AvgIpc) is 3.43. The number of halogens is 2. The highest BCUT2D eigenvalue weighted by Crippen LogP contribution is 2.30. The number of nitrogens with zero attached hydrogens (tertiary/aromatic N) is 1. The van der Waals surface area contributed by atoms with Crippen LogP contribution in [0, 0.1) is 0 Å². The van der Waals surface area contributed by atoms with Gasteiger partial charge in [0.25, 0.3) is 5.91 Å². The summed E-state index contributed by atoms with van der Waals surface area (Å²) in [6, 6.07) is 15.6. The Labute approximate surface area is 193 Å². The highest BCUT2D eigenvalue weighted by molar-refractivity contribution is 7.22. The summed E-state index contributed by atoms with van der Waals surface area (Å²) >= 11 is 1.15. The van der Waals surface area contributed by atoms with Gasteiger partial charge >= 0.3 is 6.61 Å². The topological polar surface area (TPSA) is 73.6 Å². The van der Waals surface area contributed by atoms with Gasteiger partial charge in [0.2, 0.25) is 0 Å². The first kappa shape index (κ1) is 22.7. The fourth-order valence-corrected chi connectivity index (χ4v) is 4.04. The molecule has 0 saturated carbocycles. The second-order valence-electron chi connectivity index (χ2n) is 7.41. The van der Waals surface area contributed by atoms with Crippen molar-refractivity contribution in [2.45, 2.75) is 39.4 Å². The predicted octanol–water partition coefficient (Wildman–Crippen LogP) is 6.84. The van der Waals surface area contributed by atoms with Gasteiger partial charge in [-0.25, -0.2) is 4.98 Å². The molecule has 2 aromatic carbocycles. The Hall–Kier alpha value is -3.46. The zero-order chi connectivity index (χ0) is 23.4. The van der Waals surface area contributed by atoms with Gasteiger partial charge < -0.3 is 13.9 Å². The van der Waals surface area contributed by atoms with Crippen molar-refractivity contribution in [2.24, 2.45) is 0 Å². The number of aromatic nitrogens is 1. The van der Waals surface area contributed by atoms with E-state index in [9.17, 15) is 13.6 Å². The van der Waals surface area contributed by atoms with E-state index >= 15 is 0 Å². The lowest BCUT2D eigenvalue weighted by Gasteiger charge is -2.10. The van der Waals surface area contributed by atoms with E-state index in [2.05, 4.69) is 28.9 Å². The number of furan rings is 1. The third-order valence-electron chi connectivity index (χ3n) is 5.13. The number of carbonyl (C=O) groups is 1. The van der Waals surface area contributed by atoms with Gasteiger partial charge in [-0.2, -0.15) is 8.78 Å². The van der Waals surface area contributed by atoms with E-state index in [0.29, 0.717) is 32.8 Å². The molecular weight excluding hydrogens is 450 g/mol. The molecule has 0 fully saturated rings. The van der Waals surface area contributed by atoms with Crippen LogP contribution in [0.1, 0.15) is 48.1 Å². The van der Waals surface area contributed by atoms with Crippen molar-refractivity contribution in [2.75, 3.05) is 5.32 Å². The second kappa shape index (κ2) is 9.99. The smallest absolute Gasteiger partial charge is 0.387 e. The Bertz CT molecular complexity index is 1240. The number of alkyl halides is 2. The zero-order valence-corrected chi connectivity index (χ0v) is 18.8. The Kier molecular flexibility index (Phi) is 6.88. The summed E-state index contributed by atoms with van der Waals surface area (Å²) in [7, 11) is 0. The number of thiazole rings is 1. The van der Waals surface area contributed by atoms with E-state index in [0.717, 1.165) is 17.8 Å². The summed E-state index contributed by atoms with van der Waals surface area (Å²) in [4.78, 5) is 16.8. The molecule has 2 heterocycles. The molecule has 0 aliphatic carbocycles. The Morgan fingerprint density at radius 1 is 1.12 bits per heavy atom. The standard InChI is InChI=1S/C24H22F2N2O4S/c1-3-14(2)15-4-6-16(7-5-15)30-13-18-9-11-20(31-18)22(29)28-24-27-19-10-8-17(32-23(25)26)12-21(19)33-24/h4-12,14,23H,3,13H2,1-2H3,(H,27,28,29). The van der Waals surface area contributed by atoms with Gasteiger partial charge in [0, 0.05) is 0 Å². The van der Waals surface area contributed by atoms with Gasteiger partial charge in [-0.3, -0.25) is 10.1 Å². The highest BCUT2D eigenvalue weighted by atomic mass is 32.1. The van der Waals surface area contributed by atoms with Crippen LogP contribution >= 0.6 is 11.3 Å². The molecule has 0 aliphatic rings. The summed E-state index contributed by atoms with van der Waals surface area (Å²) in [5.74, 6) is 1.39. The molecule has 1 atom stereocenters. The molecule has 4 aromatic rings. The van der Waals surface area contributed by atoms with Gasteiger partial charge in [-0.05, 0) is 60.4 Å². The number of fused-ring (bicyclic) bond motifs is 1. The van der Waals surface area contributed by atoms with Crippen LogP contribution in [0.25, 0.3) is 10.2 Å². The minimum Gasteiger partial charge on any atom is -0.486 e. The first-order valence-corrected chi connectivity index (χ1v) is 11.2. The molecule has 33 heavy (non-hydrogen) atoms. The van der Waals surface area contributed by atoms with E-state index < -0.39 is 12.5 Å². The Balaban J connectivity index is 1.35. The number of hydrogen-bond acceptors (Lipinski definition) is 6. The van der Waals surface area contributed by atoms with Gasteiger partial charge in [-0.15, -0.1) is 0 Å². The molecule has 4 rings (SSSR count).